The molecule has 0 atom stereocenters. The van der Waals surface area contributed by atoms with Crippen LogP contribution in [-0.4, -0.2) is 110 Å². The van der Waals surface area contributed by atoms with E-state index in [0.717, 1.165) is 44.5 Å². The molecule has 19 nitrogen and oxygen atoms in total. The van der Waals surface area contributed by atoms with Crippen molar-refractivity contribution < 1.29 is 123 Å². The fourth-order valence-corrected chi connectivity index (χ4v) is 9.83. The van der Waals surface area contributed by atoms with Crippen LogP contribution >= 0.6 is 55.1 Å². The minimum Gasteiger partial charge on any atom is -0.481 e. The molecular formula is C79H93Br2Cl2N7O12Y2-4. The van der Waals surface area contributed by atoms with Gasteiger partial charge in [0.1, 0.15) is 20.3 Å². The van der Waals surface area contributed by atoms with Gasteiger partial charge in [-0.2, -0.15) is 0 Å². The van der Waals surface area contributed by atoms with E-state index < -0.39 is 44.9 Å². The first-order chi connectivity index (χ1) is 48.9. The first-order valence-corrected chi connectivity index (χ1v) is 34.1. The molecule has 104 heavy (non-hydrogen) atoms. The molecule has 9 aromatic carbocycles. The van der Waals surface area contributed by atoms with Crippen LogP contribution in [0.4, 0.5) is 0 Å². The second kappa shape index (κ2) is 61.6. The van der Waals surface area contributed by atoms with E-state index in [-0.39, 0.29) is 120 Å². The summed E-state index contributed by atoms with van der Waals surface area (Å²) in [6.07, 6.45) is 0. The third kappa shape index (κ3) is 38.7. The Bertz CT molecular complexity index is 3120. The summed E-state index contributed by atoms with van der Waals surface area (Å²) in [7, 11) is 0. The zero-order chi connectivity index (χ0) is 74.3. The van der Waals surface area contributed by atoms with Crippen molar-refractivity contribution in [3.05, 3.63) is 351 Å². The topological polar surface area (TPSA) is 284 Å². The molecule has 0 aromatic heterocycles. The number of ether oxygens (including phenoxy) is 5. The molecule has 0 spiro atoms. The van der Waals surface area contributed by atoms with Gasteiger partial charge in [0, 0.05) is 78.9 Å². The number of alkyl halides is 2. The molecule has 9 aromatic rings. The minimum absolute atomic E-state index is 0. The third-order valence-electron chi connectivity index (χ3n) is 13.6. The van der Waals surface area contributed by atoms with Crippen molar-refractivity contribution in [3.8, 4) is 0 Å². The summed E-state index contributed by atoms with van der Waals surface area (Å²) in [5.74, 6) is -1.68. The monoisotopic (exact) mass is 1740 g/mol. The number of carbonyl (C=O) groups excluding carboxylic acids is 4. The van der Waals surface area contributed by atoms with Crippen molar-refractivity contribution in [1.82, 2.24) is 26.6 Å². The van der Waals surface area contributed by atoms with E-state index in [4.69, 9.17) is 45.2 Å². The molecule has 554 valence electrons. The maximum absolute atomic E-state index is 10.2. The summed E-state index contributed by atoms with van der Waals surface area (Å²) in [6.45, 7) is 14.7. The molecule has 0 saturated carbocycles. The summed E-state index contributed by atoms with van der Waals surface area (Å²) < 4.78 is 25.9. The number of amides is 2. The number of rotatable bonds is 28. The van der Waals surface area contributed by atoms with Crippen molar-refractivity contribution in [2.75, 3.05) is 71.4 Å². The molecule has 0 aliphatic heterocycles. The zero-order valence-electron chi connectivity index (χ0n) is 57.4. The fraction of sp³-hybridized carbons (Fsp3) is 0.203. The Kier molecular flexibility index (Phi) is 59.0. The zero-order valence-corrected chi connectivity index (χ0v) is 67.7. The quantitative estimate of drug-likeness (QED) is 0.00550. The smallest absolute Gasteiger partial charge is 0.300 e. The first-order valence-electron chi connectivity index (χ1n) is 31.1. The molecule has 11 N–H and O–H groups in total. The van der Waals surface area contributed by atoms with Gasteiger partial charge in [-0.3, -0.25) is 20.7 Å². The van der Waals surface area contributed by atoms with Crippen LogP contribution in [0, 0.1) is 27.7 Å². The Balaban J connectivity index is 0. The number of carboxylic acids is 1. The molecule has 0 aliphatic carbocycles. The van der Waals surface area contributed by atoms with Crippen LogP contribution in [0.3, 0.4) is 0 Å². The van der Waals surface area contributed by atoms with Gasteiger partial charge in [-0.15, -0.1) is 0 Å². The van der Waals surface area contributed by atoms with E-state index in [0.29, 0.717) is 19.9 Å². The van der Waals surface area contributed by atoms with Gasteiger partial charge in [0.25, 0.3) is 5.97 Å². The first kappa shape index (κ1) is 99.6. The number of aliphatic hydroxyl groups is 1. The Morgan fingerprint density at radius 3 is 0.779 bits per heavy atom. The molecule has 0 saturated heterocycles. The molecule has 25 heteroatoms. The van der Waals surface area contributed by atoms with Gasteiger partial charge in [0.2, 0.25) is 0 Å². The molecular weight excluding hydrogens is 1650 g/mol. The number of benzene rings is 9. The van der Waals surface area contributed by atoms with Crippen LogP contribution in [-0.2, 0) is 130 Å². The fourth-order valence-electron chi connectivity index (χ4n) is 9.83. The van der Waals surface area contributed by atoms with E-state index in [1.165, 1.54) is 16.7 Å². The maximum Gasteiger partial charge on any atom is 0.300 e. The second-order valence-corrected chi connectivity index (χ2v) is 23.7. The standard InChI is InChI=1S/C41H38N2O.C20H19NO.C7H12N2O4.C3H10N2O2.2C2H2ClO.C2H4O2.CH2Br2.CH4.2Y/c1-7-19-34(20-8-1)40(35-21-9-2-10-22-35,36-23-11-3-12-24-36)42-31-32-44-33-43-41(37-25-13-4-14-26-37,38-27-15-5-16-28-38)39-29-17-6-18-30-39;22-16-21-20(17-10-4-1-5-11-17,18-12-6-2-7-13-18)19-14-8-3-9-15-19;1-6(10)8-3-12-5-13-4-9-7(2)11;4-1-6-3-7-2-5;3*1-2(3)4;2-1-3;;;/h1-30,42-43H,31-33H2;1-15,21-22H,16H2;1-5H2,(H,8,10)(H,9,11);1-5H2;2*1H2;1H3,(H,3,4);1H2;1H4;;/q;;-2;;2*-1;;;;;. The van der Waals surface area contributed by atoms with E-state index in [1.807, 2.05) is 54.6 Å². The molecule has 9 rings (SSSR count). The van der Waals surface area contributed by atoms with Crippen LogP contribution in [0.25, 0.3) is 0 Å². The number of aliphatic carboxylic acids is 1. The van der Waals surface area contributed by atoms with Gasteiger partial charge in [0.15, 0.2) is 6.79 Å². The summed E-state index contributed by atoms with van der Waals surface area (Å²) >= 11 is 15.2. The molecule has 2 amide bonds. The second-order valence-electron chi connectivity index (χ2n) is 20.2. The van der Waals surface area contributed by atoms with Gasteiger partial charge in [-0.25, -0.2) is 0 Å². The number of carboxylic acid groups (broad SMARTS) is 1. The Morgan fingerprint density at radius 1 is 0.394 bits per heavy atom. The molecule has 0 bridgehead atoms. The SMILES string of the molecule is BrCBr.C.CC(=O)O.NCOCOCN.OCNC(c1ccccc1)(c1ccccc1)c1ccccc1.[CH2-]C(=O)Cl.[CH2-]C(=O)Cl.[CH2-]C(=O)NCOCOCNC([CH2-])=O.[Y].[Y].c1ccc(C(NCCOCNC(c2ccccc2)(c2ccccc2)c2ccccc2)(c2ccccc2)c2ccccc2)cc1. The van der Waals surface area contributed by atoms with Gasteiger partial charge in [-0.05, 0) is 50.1 Å². The van der Waals surface area contributed by atoms with Crippen molar-refractivity contribution in [3.63, 3.8) is 0 Å². The molecule has 0 fully saturated rings. The number of aliphatic hydroxyl groups excluding tert-OH is 1. The van der Waals surface area contributed by atoms with E-state index >= 15 is 0 Å². The summed E-state index contributed by atoms with van der Waals surface area (Å²) in [4.78, 5) is 47.6. The number of nitrogens with one attached hydrogen (secondary N) is 5. The van der Waals surface area contributed by atoms with Gasteiger partial charge < -0.3 is 103 Å². The largest absolute Gasteiger partial charge is 0.481 e. The summed E-state index contributed by atoms with van der Waals surface area (Å²) in [5.41, 5.74) is 18.5. The van der Waals surface area contributed by atoms with Crippen LogP contribution in [0.1, 0.15) is 64.4 Å². The van der Waals surface area contributed by atoms with Crippen molar-refractivity contribution in [2.45, 2.75) is 31.0 Å². The number of carbonyl (C=O) groups is 5. The Labute approximate surface area is 691 Å². The van der Waals surface area contributed by atoms with E-state index in [2.05, 4.69) is 337 Å². The molecule has 2 radical (unpaired) electrons. The van der Waals surface area contributed by atoms with Crippen molar-refractivity contribution in [1.29, 1.82) is 0 Å². The van der Waals surface area contributed by atoms with E-state index in [1.54, 1.807) is 0 Å². The average Bonchev–Trinajstić information content (AvgIpc) is 0.778. The molecule has 0 aliphatic rings. The van der Waals surface area contributed by atoms with Crippen LogP contribution in [0.15, 0.2) is 273 Å². The third-order valence-corrected chi connectivity index (χ3v) is 13.6. The van der Waals surface area contributed by atoms with Crippen molar-refractivity contribution in [2.24, 2.45) is 11.5 Å². The number of nitrogens with two attached hydrogens (primary N) is 2. The number of halogens is 4. The Hall–Kier alpha value is -6.48. The minimum atomic E-state index is -0.833. The molecule has 0 unspecified atom stereocenters. The number of hydrogen-bond acceptors (Lipinski definition) is 16. The predicted molar refractivity (Wildman–Crippen MR) is 414 cm³/mol. The normalized spacial score (nSPS) is 10.0. The average molecular weight is 1740 g/mol. The van der Waals surface area contributed by atoms with E-state index in [9.17, 15) is 14.7 Å². The van der Waals surface area contributed by atoms with Crippen LogP contribution in [0.5, 0.6) is 0 Å². The Morgan fingerprint density at radius 2 is 0.587 bits per heavy atom. The van der Waals surface area contributed by atoms with Gasteiger partial charge in [-0.1, -0.05) is 335 Å². The molecule has 0 heterocycles. The van der Waals surface area contributed by atoms with Gasteiger partial charge in [0.05, 0.1) is 76.7 Å². The predicted octanol–water partition coefficient (Wildman–Crippen LogP) is 12.9. The summed E-state index contributed by atoms with van der Waals surface area (Å²) in [6, 6.07) is 94.5. The van der Waals surface area contributed by atoms with Crippen LogP contribution in [0.2, 0.25) is 0 Å². The van der Waals surface area contributed by atoms with Crippen LogP contribution < -0.4 is 38.1 Å². The van der Waals surface area contributed by atoms with Gasteiger partial charge >= 0.3 is 0 Å². The maximum atomic E-state index is 10.2. The van der Waals surface area contributed by atoms with Crippen molar-refractivity contribution >= 4 is 83.3 Å². The number of hydrogen-bond donors (Lipinski definition) is 9. The summed E-state index contributed by atoms with van der Waals surface area (Å²) in [5, 5.41) is 31.5.